The maximum absolute atomic E-state index is 9.68. The average Bonchev–Trinajstić information content (AvgIpc) is 3.15. The summed E-state index contributed by atoms with van der Waals surface area (Å²) < 4.78 is 5.96. The van der Waals surface area contributed by atoms with Crippen molar-refractivity contribution in [1.82, 2.24) is 10.3 Å². The van der Waals surface area contributed by atoms with Crippen LogP contribution in [0.3, 0.4) is 0 Å². The Hall–Kier alpha value is -3.58. The van der Waals surface area contributed by atoms with Gasteiger partial charge in [0.2, 0.25) is 0 Å². The summed E-state index contributed by atoms with van der Waals surface area (Å²) in [6, 6.07) is 16.4. The normalized spacial score (nSPS) is 20.8. The zero-order chi connectivity index (χ0) is 18.5. The number of benzene rings is 1. The topological polar surface area (TPSA) is 57.9 Å². The molecule has 27 heavy (non-hydrogen) atoms. The lowest BCUT2D eigenvalue weighted by molar-refractivity contribution is 0.207. The van der Waals surface area contributed by atoms with Gasteiger partial charge in [0.25, 0.3) is 0 Å². The molecule has 1 aromatic heterocycles. The van der Waals surface area contributed by atoms with Gasteiger partial charge in [-0.05, 0) is 41.0 Å². The molecule has 0 saturated heterocycles. The predicted molar refractivity (Wildman–Crippen MR) is 105 cm³/mol. The minimum absolute atomic E-state index is 0.0725. The van der Waals surface area contributed by atoms with E-state index in [0.29, 0.717) is 12.2 Å². The first-order chi connectivity index (χ1) is 13.3. The van der Waals surface area contributed by atoms with E-state index in [-0.39, 0.29) is 12.0 Å². The number of nitrogens with one attached hydrogen (secondary N) is 1. The zero-order valence-corrected chi connectivity index (χ0v) is 14.7. The molecular formula is C23H19N3O. The molecule has 0 amide bonds. The molecule has 1 aromatic carbocycles. The summed E-state index contributed by atoms with van der Waals surface area (Å²) in [6.45, 7) is 0.525. The lowest BCUT2D eigenvalue weighted by Crippen LogP contribution is -2.26. The molecule has 1 N–H and O–H groups in total. The van der Waals surface area contributed by atoms with E-state index in [1.165, 1.54) is 0 Å². The Morgan fingerprint density at radius 2 is 2.11 bits per heavy atom. The highest BCUT2D eigenvalue weighted by Crippen LogP contribution is 2.34. The van der Waals surface area contributed by atoms with E-state index in [9.17, 15) is 5.26 Å². The molecule has 2 aromatic rings. The molecule has 1 aliphatic carbocycles. The summed E-state index contributed by atoms with van der Waals surface area (Å²) in [4.78, 5) is 4.11. The Morgan fingerprint density at radius 1 is 1.22 bits per heavy atom. The van der Waals surface area contributed by atoms with Gasteiger partial charge in [0.15, 0.2) is 0 Å². The van der Waals surface area contributed by atoms with Gasteiger partial charge in [-0.15, -0.1) is 0 Å². The number of fused-ring (bicyclic) bond motifs is 1. The Balaban J connectivity index is 1.53. The molecule has 2 unspecified atom stereocenters. The van der Waals surface area contributed by atoms with Crippen LogP contribution in [0.5, 0.6) is 0 Å². The van der Waals surface area contributed by atoms with Gasteiger partial charge in [0.05, 0.1) is 17.7 Å². The lowest BCUT2D eigenvalue weighted by atomic mass is 9.86. The summed E-state index contributed by atoms with van der Waals surface area (Å²) in [5.74, 6) is 0.900. The molecule has 0 fully saturated rings. The van der Waals surface area contributed by atoms with Crippen LogP contribution in [0.1, 0.15) is 11.1 Å². The summed E-state index contributed by atoms with van der Waals surface area (Å²) in [5, 5.41) is 13.0. The maximum Gasteiger partial charge on any atom is 0.116 e. The molecule has 4 heteroatoms. The molecule has 4 rings (SSSR count). The highest BCUT2D eigenvalue weighted by molar-refractivity contribution is 5.65. The Morgan fingerprint density at radius 3 is 2.89 bits per heavy atom. The van der Waals surface area contributed by atoms with Crippen LogP contribution < -0.4 is 5.32 Å². The lowest BCUT2D eigenvalue weighted by Gasteiger charge is -2.22. The molecular weight excluding hydrogens is 334 g/mol. The molecule has 0 radical (unpaired) electrons. The van der Waals surface area contributed by atoms with E-state index < -0.39 is 0 Å². The fourth-order valence-electron chi connectivity index (χ4n) is 3.28. The van der Waals surface area contributed by atoms with E-state index >= 15 is 0 Å². The summed E-state index contributed by atoms with van der Waals surface area (Å²) >= 11 is 0. The van der Waals surface area contributed by atoms with Gasteiger partial charge in [-0.3, -0.25) is 4.98 Å². The minimum atomic E-state index is 0.0725. The van der Waals surface area contributed by atoms with Crippen LogP contribution in [0, 0.1) is 17.2 Å². The first-order valence-electron chi connectivity index (χ1n) is 8.88. The average molecular weight is 353 g/mol. The number of nitriles is 1. The van der Waals surface area contributed by atoms with Crippen molar-refractivity contribution in [1.29, 1.82) is 5.26 Å². The molecule has 1 aliphatic heterocycles. The maximum atomic E-state index is 9.68. The van der Waals surface area contributed by atoms with Crippen LogP contribution in [0.25, 0.3) is 6.08 Å². The zero-order valence-electron chi connectivity index (χ0n) is 14.7. The van der Waals surface area contributed by atoms with Gasteiger partial charge in [0, 0.05) is 24.5 Å². The molecule has 2 atom stereocenters. The number of allylic oxidation sites excluding steroid dienone is 2. The van der Waals surface area contributed by atoms with Crippen LogP contribution in [0.4, 0.5) is 0 Å². The largest absolute Gasteiger partial charge is 0.489 e. The van der Waals surface area contributed by atoms with Gasteiger partial charge in [-0.1, -0.05) is 42.5 Å². The van der Waals surface area contributed by atoms with E-state index in [0.717, 1.165) is 22.5 Å². The minimum Gasteiger partial charge on any atom is -0.489 e. The van der Waals surface area contributed by atoms with Crippen LogP contribution in [-0.4, -0.2) is 11.0 Å². The number of ether oxygens (including phenoxy) is 1. The van der Waals surface area contributed by atoms with Gasteiger partial charge in [-0.25, -0.2) is 0 Å². The van der Waals surface area contributed by atoms with Gasteiger partial charge in [-0.2, -0.15) is 5.26 Å². The van der Waals surface area contributed by atoms with E-state index in [4.69, 9.17) is 4.74 Å². The monoisotopic (exact) mass is 353 g/mol. The first-order valence-corrected chi connectivity index (χ1v) is 8.88. The number of rotatable bonds is 5. The van der Waals surface area contributed by atoms with Crippen LogP contribution >= 0.6 is 0 Å². The van der Waals surface area contributed by atoms with Crippen molar-refractivity contribution in [2.75, 3.05) is 0 Å². The summed E-state index contributed by atoms with van der Waals surface area (Å²) in [7, 11) is 0. The van der Waals surface area contributed by atoms with Crippen molar-refractivity contribution in [2.45, 2.75) is 12.6 Å². The van der Waals surface area contributed by atoms with Gasteiger partial charge < -0.3 is 10.1 Å². The van der Waals surface area contributed by atoms with Crippen molar-refractivity contribution < 1.29 is 4.74 Å². The van der Waals surface area contributed by atoms with E-state index in [1.807, 2.05) is 60.8 Å². The summed E-state index contributed by atoms with van der Waals surface area (Å²) in [5.41, 5.74) is 3.64. The molecule has 2 aliphatic rings. The SMILES string of the molecule is N#C/C(=C\c1cccnc1)C1=CNC2C=CC(OCc3ccccc3)=CC12. The second-order valence-corrected chi connectivity index (χ2v) is 6.48. The predicted octanol–water partition coefficient (Wildman–Crippen LogP) is 4.13. The standard InChI is InChI=1S/C23H19N3O/c24-13-19(11-18-7-4-10-25-14-18)22-15-26-23-9-8-20(12-21(22)23)27-16-17-5-2-1-3-6-17/h1-12,14-15,21,23,26H,16H2/b19-11+. The molecule has 2 heterocycles. The van der Waals surface area contributed by atoms with E-state index in [2.05, 4.69) is 28.5 Å². The highest BCUT2D eigenvalue weighted by Gasteiger charge is 2.31. The van der Waals surface area contributed by atoms with Crippen LogP contribution in [0.2, 0.25) is 0 Å². The van der Waals surface area contributed by atoms with Crippen molar-refractivity contribution in [3.63, 3.8) is 0 Å². The van der Waals surface area contributed by atoms with Gasteiger partial charge in [0.1, 0.15) is 12.4 Å². The highest BCUT2D eigenvalue weighted by atomic mass is 16.5. The Kier molecular flexibility index (Phi) is 4.84. The molecule has 0 bridgehead atoms. The Labute approximate surface area is 158 Å². The van der Waals surface area contributed by atoms with Crippen molar-refractivity contribution >= 4 is 6.08 Å². The third-order valence-electron chi connectivity index (χ3n) is 4.66. The third-order valence-corrected chi connectivity index (χ3v) is 4.66. The number of hydrogen-bond donors (Lipinski definition) is 1. The van der Waals surface area contributed by atoms with Crippen molar-refractivity contribution in [3.8, 4) is 6.07 Å². The second kappa shape index (κ2) is 7.76. The fourth-order valence-corrected chi connectivity index (χ4v) is 3.28. The smallest absolute Gasteiger partial charge is 0.116 e. The van der Waals surface area contributed by atoms with Crippen LogP contribution in [-0.2, 0) is 11.3 Å². The quantitative estimate of drug-likeness (QED) is 0.821. The van der Waals surface area contributed by atoms with Crippen LogP contribution in [0.15, 0.2) is 96.2 Å². The van der Waals surface area contributed by atoms with E-state index in [1.54, 1.807) is 12.4 Å². The molecule has 0 spiro atoms. The fraction of sp³-hybridized carbons (Fsp3) is 0.130. The van der Waals surface area contributed by atoms with Crippen molar-refractivity contribution in [3.05, 3.63) is 107 Å². The van der Waals surface area contributed by atoms with Crippen molar-refractivity contribution in [2.24, 2.45) is 5.92 Å². The number of hydrogen-bond acceptors (Lipinski definition) is 4. The number of nitrogens with zero attached hydrogens (tertiary/aromatic N) is 2. The summed E-state index contributed by atoms with van der Waals surface area (Å²) in [6.07, 6.45) is 13.5. The molecule has 0 saturated carbocycles. The second-order valence-electron chi connectivity index (χ2n) is 6.48. The van der Waals surface area contributed by atoms with Gasteiger partial charge >= 0.3 is 0 Å². The molecule has 132 valence electrons. The third kappa shape index (κ3) is 3.83. The number of pyridine rings is 1. The number of aromatic nitrogens is 1. The molecule has 4 nitrogen and oxygen atoms in total. The first kappa shape index (κ1) is 16.9. The Bertz CT molecular complexity index is 966.